The third-order valence-corrected chi connectivity index (χ3v) is 9.00. The third-order valence-electron chi connectivity index (χ3n) is 7.70. The van der Waals surface area contributed by atoms with Crippen molar-refractivity contribution in [2.24, 2.45) is 0 Å². The van der Waals surface area contributed by atoms with Gasteiger partial charge in [0.05, 0.1) is 11.0 Å². The van der Waals surface area contributed by atoms with Gasteiger partial charge in [-0.2, -0.15) is 0 Å². The molecule has 2 heterocycles. The Hall–Kier alpha value is -2.71. The molecule has 0 saturated carbocycles. The highest BCUT2D eigenvalue weighted by Gasteiger charge is 2.35. The minimum Gasteiger partial charge on any atom is -0.309 e. The lowest BCUT2D eigenvalue weighted by Gasteiger charge is -2.29. The van der Waals surface area contributed by atoms with Crippen LogP contribution >= 0.6 is 11.8 Å². The zero-order valence-electron chi connectivity index (χ0n) is 16.7. The van der Waals surface area contributed by atoms with Crippen LogP contribution < -0.4 is 0 Å². The fourth-order valence-corrected chi connectivity index (χ4v) is 7.29. The van der Waals surface area contributed by atoms with Crippen LogP contribution in [0.15, 0.2) is 76.7 Å². The second-order valence-electron chi connectivity index (χ2n) is 9.21. The van der Waals surface area contributed by atoms with Gasteiger partial charge in [0.15, 0.2) is 0 Å². The van der Waals surface area contributed by atoms with Crippen molar-refractivity contribution in [2.75, 3.05) is 0 Å². The molecule has 4 aromatic rings. The Bertz CT molecular complexity index is 1480. The number of aryl methyl sites for hydroxylation is 2. The van der Waals surface area contributed by atoms with E-state index in [0.29, 0.717) is 5.25 Å². The molecule has 0 radical (unpaired) electrons. The molecule has 4 aliphatic rings. The summed E-state index contributed by atoms with van der Waals surface area (Å²) >= 11 is 2.09. The van der Waals surface area contributed by atoms with Crippen LogP contribution in [0.4, 0.5) is 0 Å². The van der Waals surface area contributed by atoms with Crippen LogP contribution in [-0.2, 0) is 12.8 Å². The summed E-state index contributed by atoms with van der Waals surface area (Å²) in [5.41, 5.74) is 13.5. The van der Waals surface area contributed by atoms with Crippen molar-refractivity contribution in [1.29, 1.82) is 0 Å². The van der Waals surface area contributed by atoms with E-state index >= 15 is 0 Å². The zero-order chi connectivity index (χ0) is 19.4. The van der Waals surface area contributed by atoms with Gasteiger partial charge in [0, 0.05) is 26.6 Å². The van der Waals surface area contributed by atoms with E-state index in [2.05, 4.69) is 77.0 Å². The summed E-state index contributed by atoms with van der Waals surface area (Å²) in [5.74, 6) is 0. The SMILES string of the molecule is C1=C2c3cc4c5cc6c(cc5n(-c5ccccc5)c4cc3SC2CC2=C1CC2)CC6. The van der Waals surface area contributed by atoms with E-state index in [4.69, 9.17) is 0 Å². The predicted octanol–water partition coefficient (Wildman–Crippen LogP) is 7.23. The van der Waals surface area contributed by atoms with Gasteiger partial charge >= 0.3 is 0 Å². The van der Waals surface area contributed by atoms with Crippen LogP contribution in [0.2, 0.25) is 0 Å². The fourth-order valence-electron chi connectivity index (χ4n) is 5.89. The average molecular weight is 404 g/mol. The number of fused-ring (bicyclic) bond motifs is 7. The van der Waals surface area contributed by atoms with E-state index in [1.54, 1.807) is 22.3 Å². The number of allylic oxidation sites excluding steroid dienone is 3. The van der Waals surface area contributed by atoms with Crippen molar-refractivity contribution in [1.82, 2.24) is 4.57 Å². The molecular weight excluding hydrogens is 382 g/mol. The standard InChI is InChI=1S/C28H21NS/c1-2-4-20(5-3-1)29-25-12-18-8-6-16(18)10-21(25)22-14-24-23-11-17-7-9-19(17)13-27(23)30-28(24)15-26(22)29/h1-5,10-12,14-15,27H,6-9,13H2. The average Bonchev–Trinajstić information content (AvgIpc) is 3.23. The summed E-state index contributed by atoms with van der Waals surface area (Å²) in [7, 11) is 0. The fraction of sp³-hybridized carbons (Fsp3) is 0.214. The topological polar surface area (TPSA) is 4.93 Å². The largest absolute Gasteiger partial charge is 0.309 e. The van der Waals surface area contributed by atoms with Crippen molar-refractivity contribution >= 4 is 39.1 Å². The molecule has 30 heavy (non-hydrogen) atoms. The minimum absolute atomic E-state index is 0.628. The van der Waals surface area contributed by atoms with Crippen molar-refractivity contribution in [3.8, 4) is 5.69 Å². The number of hydrogen-bond donors (Lipinski definition) is 0. The Balaban J connectivity index is 1.46. The molecule has 0 amide bonds. The molecule has 3 aromatic carbocycles. The summed E-state index contributed by atoms with van der Waals surface area (Å²) in [6, 6.07) is 20.8. The number of nitrogens with zero attached hydrogens (tertiary/aromatic N) is 1. The molecule has 0 saturated heterocycles. The zero-order valence-corrected chi connectivity index (χ0v) is 17.6. The number of para-hydroxylation sites is 1. The highest BCUT2D eigenvalue weighted by molar-refractivity contribution is 8.00. The van der Waals surface area contributed by atoms with Gasteiger partial charge in [-0.3, -0.25) is 0 Å². The molecule has 1 nitrogen and oxygen atoms in total. The molecule has 1 aromatic heterocycles. The molecule has 144 valence electrons. The van der Waals surface area contributed by atoms with Crippen molar-refractivity contribution in [3.05, 3.63) is 88.5 Å². The minimum atomic E-state index is 0.628. The lowest BCUT2D eigenvalue weighted by molar-refractivity contribution is 0.749. The lowest BCUT2D eigenvalue weighted by atomic mass is 9.78. The maximum Gasteiger partial charge on any atom is 0.0552 e. The molecule has 0 spiro atoms. The highest BCUT2D eigenvalue weighted by Crippen LogP contribution is 2.54. The maximum absolute atomic E-state index is 2.53. The monoisotopic (exact) mass is 403 g/mol. The normalized spacial score (nSPS) is 20.9. The van der Waals surface area contributed by atoms with E-state index in [9.17, 15) is 0 Å². The Kier molecular flexibility index (Phi) is 2.94. The maximum atomic E-state index is 2.53. The van der Waals surface area contributed by atoms with E-state index in [-0.39, 0.29) is 0 Å². The van der Waals surface area contributed by atoms with Crippen LogP contribution in [0, 0.1) is 0 Å². The van der Waals surface area contributed by atoms with Gasteiger partial charge < -0.3 is 4.57 Å². The molecule has 2 heteroatoms. The first kappa shape index (κ1) is 16.0. The molecule has 8 rings (SSSR count). The first-order valence-electron chi connectivity index (χ1n) is 11.1. The third kappa shape index (κ3) is 1.96. The second-order valence-corrected chi connectivity index (χ2v) is 10.5. The van der Waals surface area contributed by atoms with Crippen LogP contribution in [0.3, 0.4) is 0 Å². The molecule has 1 atom stereocenters. The Morgan fingerprint density at radius 1 is 0.800 bits per heavy atom. The van der Waals surface area contributed by atoms with Gasteiger partial charge in [-0.15, -0.1) is 11.8 Å². The van der Waals surface area contributed by atoms with Gasteiger partial charge in [0.2, 0.25) is 0 Å². The number of hydrogen-bond acceptors (Lipinski definition) is 1. The number of thioether (sulfide) groups is 1. The van der Waals surface area contributed by atoms with E-state index in [1.807, 2.05) is 0 Å². The molecule has 3 aliphatic carbocycles. The van der Waals surface area contributed by atoms with Crippen LogP contribution in [0.5, 0.6) is 0 Å². The Morgan fingerprint density at radius 2 is 1.60 bits per heavy atom. The molecule has 1 aliphatic heterocycles. The molecular formula is C28H21NS. The van der Waals surface area contributed by atoms with E-state index in [0.717, 1.165) is 0 Å². The van der Waals surface area contributed by atoms with Gasteiger partial charge in [0.25, 0.3) is 0 Å². The lowest BCUT2D eigenvalue weighted by Crippen LogP contribution is -2.15. The summed E-state index contributed by atoms with van der Waals surface area (Å²) in [4.78, 5) is 1.47. The summed E-state index contributed by atoms with van der Waals surface area (Å²) in [6.45, 7) is 0. The van der Waals surface area contributed by atoms with Crippen molar-refractivity contribution < 1.29 is 0 Å². The molecule has 0 bridgehead atoms. The van der Waals surface area contributed by atoms with Crippen LogP contribution in [0.1, 0.15) is 36.0 Å². The van der Waals surface area contributed by atoms with Gasteiger partial charge in [0.1, 0.15) is 0 Å². The first-order chi connectivity index (χ1) is 14.8. The van der Waals surface area contributed by atoms with E-state index < -0.39 is 0 Å². The number of aromatic nitrogens is 1. The Labute approximate surface area is 180 Å². The number of benzene rings is 3. The predicted molar refractivity (Wildman–Crippen MR) is 127 cm³/mol. The second kappa shape index (κ2) is 5.50. The molecule has 1 unspecified atom stereocenters. The van der Waals surface area contributed by atoms with Crippen LogP contribution in [0.25, 0.3) is 33.1 Å². The Morgan fingerprint density at radius 3 is 2.40 bits per heavy atom. The van der Waals surface area contributed by atoms with Crippen molar-refractivity contribution in [3.63, 3.8) is 0 Å². The highest BCUT2D eigenvalue weighted by atomic mass is 32.2. The first-order valence-corrected chi connectivity index (χ1v) is 12.0. The summed E-state index contributed by atoms with van der Waals surface area (Å²) in [5, 5.41) is 3.46. The molecule has 0 fully saturated rings. The van der Waals surface area contributed by atoms with Gasteiger partial charge in [-0.1, -0.05) is 29.8 Å². The smallest absolute Gasteiger partial charge is 0.0552 e. The quantitative estimate of drug-likeness (QED) is 0.324. The summed E-state index contributed by atoms with van der Waals surface area (Å²) in [6.07, 6.45) is 8.85. The van der Waals surface area contributed by atoms with Crippen molar-refractivity contribution in [2.45, 2.75) is 42.2 Å². The summed E-state index contributed by atoms with van der Waals surface area (Å²) < 4.78 is 2.49. The number of rotatable bonds is 1. The van der Waals surface area contributed by atoms with Crippen LogP contribution in [-0.4, -0.2) is 9.82 Å². The van der Waals surface area contributed by atoms with E-state index in [1.165, 1.54) is 75.6 Å². The molecule has 0 N–H and O–H groups in total. The van der Waals surface area contributed by atoms with Gasteiger partial charge in [-0.25, -0.2) is 0 Å². The van der Waals surface area contributed by atoms with Gasteiger partial charge in [-0.05, 0) is 96.3 Å².